The molecule has 2 aromatic rings. The summed E-state index contributed by atoms with van der Waals surface area (Å²) in [4.78, 5) is 14.6. The van der Waals surface area contributed by atoms with Gasteiger partial charge in [-0.3, -0.25) is 4.79 Å². The molecule has 0 saturated carbocycles. The van der Waals surface area contributed by atoms with Crippen LogP contribution < -0.4 is 19.8 Å². The predicted molar refractivity (Wildman–Crippen MR) is 89.3 cm³/mol. The van der Waals surface area contributed by atoms with Crippen molar-refractivity contribution in [2.75, 3.05) is 21.3 Å². The first-order chi connectivity index (χ1) is 11.0. The van der Waals surface area contributed by atoms with E-state index in [2.05, 4.69) is 20.9 Å². The largest absolute Gasteiger partial charge is 0.493 e. The van der Waals surface area contributed by atoms with E-state index in [9.17, 15) is 10.1 Å². The van der Waals surface area contributed by atoms with Gasteiger partial charge in [-0.2, -0.15) is 5.26 Å². The van der Waals surface area contributed by atoms with Gasteiger partial charge in [0.05, 0.1) is 25.8 Å². The molecule has 0 amide bonds. The van der Waals surface area contributed by atoms with Gasteiger partial charge in [-0.25, -0.2) is 0 Å². The fourth-order valence-corrected chi connectivity index (χ4v) is 3.00. The van der Waals surface area contributed by atoms with Gasteiger partial charge in [-0.05, 0) is 35.0 Å². The maximum Gasteiger partial charge on any atom is 0.266 e. The predicted octanol–water partition coefficient (Wildman–Crippen LogP) is 3.01. The minimum Gasteiger partial charge on any atom is -0.493 e. The molecule has 0 atom stereocenters. The Morgan fingerprint density at radius 3 is 2.26 bits per heavy atom. The minimum atomic E-state index is -0.442. The van der Waals surface area contributed by atoms with Gasteiger partial charge in [0.1, 0.15) is 11.6 Å². The van der Waals surface area contributed by atoms with Crippen molar-refractivity contribution in [1.82, 2.24) is 4.98 Å². The van der Waals surface area contributed by atoms with Gasteiger partial charge in [-0.1, -0.05) is 0 Å². The van der Waals surface area contributed by atoms with Gasteiger partial charge in [0.15, 0.2) is 11.5 Å². The molecule has 0 aliphatic rings. The molecule has 0 bridgehead atoms. The lowest BCUT2D eigenvalue weighted by atomic mass is 10.00. The van der Waals surface area contributed by atoms with Crippen molar-refractivity contribution in [3.63, 3.8) is 0 Å². The number of H-pyrrole nitrogens is 1. The molecule has 1 N–H and O–H groups in total. The normalized spacial score (nSPS) is 10.1. The highest BCUT2D eigenvalue weighted by Crippen LogP contribution is 2.48. The Morgan fingerprint density at radius 1 is 1.09 bits per heavy atom. The zero-order valence-corrected chi connectivity index (χ0v) is 14.7. The highest BCUT2D eigenvalue weighted by molar-refractivity contribution is 9.10. The number of aromatic nitrogens is 1. The Bertz CT molecular complexity index is 853. The van der Waals surface area contributed by atoms with E-state index in [1.54, 1.807) is 19.1 Å². The molecule has 1 aromatic heterocycles. The zero-order chi connectivity index (χ0) is 17.1. The Kier molecular flexibility index (Phi) is 4.96. The zero-order valence-electron chi connectivity index (χ0n) is 13.1. The molecule has 1 aromatic carbocycles. The molecule has 0 unspecified atom stereocenters. The molecule has 0 saturated heterocycles. The van der Waals surface area contributed by atoms with Crippen molar-refractivity contribution in [2.24, 2.45) is 0 Å². The van der Waals surface area contributed by atoms with Crippen molar-refractivity contribution in [2.45, 2.75) is 6.92 Å². The number of nitrogens with zero attached hydrogens (tertiary/aromatic N) is 1. The van der Waals surface area contributed by atoms with E-state index in [0.717, 1.165) is 0 Å². The van der Waals surface area contributed by atoms with Gasteiger partial charge < -0.3 is 19.2 Å². The Labute approximate surface area is 141 Å². The SMILES string of the molecule is COc1cc(-c2cc(C)[nH]c(=O)c2C#N)c(Br)c(OC)c1OC. The summed E-state index contributed by atoms with van der Waals surface area (Å²) in [6.07, 6.45) is 0. The van der Waals surface area contributed by atoms with E-state index in [0.29, 0.717) is 38.5 Å². The van der Waals surface area contributed by atoms with E-state index >= 15 is 0 Å². The third-order valence-electron chi connectivity index (χ3n) is 3.34. The monoisotopic (exact) mass is 378 g/mol. The molecule has 6 nitrogen and oxygen atoms in total. The van der Waals surface area contributed by atoms with Crippen LogP contribution in [-0.4, -0.2) is 26.3 Å². The first kappa shape index (κ1) is 16.9. The maximum absolute atomic E-state index is 12.0. The fourth-order valence-electron chi connectivity index (χ4n) is 2.33. The van der Waals surface area contributed by atoms with E-state index in [1.807, 2.05) is 6.07 Å². The fraction of sp³-hybridized carbons (Fsp3) is 0.250. The van der Waals surface area contributed by atoms with Crippen LogP contribution in [-0.2, 0) is 0 Å². The second-order valence-electron chi connectivity index (χ2n) is 4.69. The first-order valence-electron chi connectivity index (χ1n) is 6.61. The molecule has 120 valence electrons. The molecule has 0 aliphatic carbocycles. The van der Waals surface area contributed by atoms with Crippen molar-refractivity contribution in [3.8, 4) is 34.4 Å². The second kappa shape index (κ2) is 6.75. The van der Waals surface area contributed by atoms with Gasteiger partial charge in [0.2, 0.25) is 5.75 Å². The third kappa shape index (κ3) is 2.90. The minimum absolute atomic E-state index is 0.0190. The number of aryl methyl sites for hydroxylation is 1. The summed E-state index contributed by atoms with van der Waals surface area (Å²) in [7, 11) is 4.51. The molecule has 0 radical (unpaired) electrons. The number of halogens is 1. The topological polar surface area (TPSA) is 84.3 Å². The Balaban J connectivity index is 2.91. The van der Waals surface area contributed by atoms with Gasteiger partial charge >= 0.3 is 0 Å². The molecule has 0 fully saturated rings. The van der Waals surface area contributed by atoms with Crippen LogP contribution >= 0.6 is 15.9 Å². The van der Waals surface area contributed by atoms with Crippen molar-refractivity contribution in [3.05, 3.63) is 38.2 Å². The summed E-state index contributed by atoms with van der Waals surface area (Å²) in [5.41, 5.74) is 1.31. The van der Waals surface area contributed by atoms with Crippen LogP contribution in [0.1, 0.15) is 11.3 Å². The van der Waals surface area contributed by atoms with Crippen LogP contribution in [0.5, 0.6) is 17.2 Å². The molecular formula is C16H15BrN2O4. The lowest BCUT2D eigenvalue weighted by Gasteiger charge is -2.17. The van der Waals surface area contributed by atoms with E-state index in [4.69, 9.17) is 14.2 Å². The Hall–Kier alpha value is -2.46. The van der Waals surface area contributed by atoms with Gasteiger partial charge in [0.25, 0.3) is 5.56 Å². The van der Waals surface area contributed by atoms with E-state index < -0.39 is 5.56 Å². The molecule has 1 heterocycles. The van der Waals surface area contributed by atoms with Crippen LogP contribution in [0.2, 0.25) is 0 Å². The van der Waals surface area contributed by atoms with E-state index in [-0.39, 0.29) is 5.56 Å². The number of aromatic amines is 1. The number of nitrogens with one attached hydrogen (secondary N) is 1. The third-order valence-corrected chi connectivity index (χ3v) is 4.13. The van der Waals surface area contributed by atoms with E-state index in [1.165, 1.54) is 21.3 Å². The average Bonchev–Trinajstić information content (AvgIpc) is 2.53. The number of hydrogen-bond acceptors (Lipinski definition) is 5. The summed E-state index contributed by atoms with van der Waals surface area (Å²) in [6.45, 7) is 1.75. The molecule has 0 aliphatic heterocycles. The summed E-state index contributed by atoms with van der Waals surface area (Å²) < 4.78 is 16.6. The molecule has 2 rings (SSSR count). The molecule has 7 heteroatoms. The van der Waals surface area contributed by atoms with Crippen LogP contribution in [0, 0.1) is 18.3 Å². The quantitative estimate of drug-likeness (QED) is 0.883. The van der Waals surface area contributed by atoms with Crippen LogP contribution in [0.3, 0.4) is 0 Å². The van der Waals surface area contributed by atoms with Crippen molar-refractivity contribution < 1.29 is 14.2 Å². The summed E-state index contributed by atoms with van der Waals surface area (Å²) >= 11 is 3.46. The Morgan fingerprint density at radius 2 is 1.74 bits per heavy atom. The summed E-state index contributed by atoms with van der Waals surface area (Å²) in [6, 6.07) is 5.37. The van der Waals surface area contributed by atoms with Crippen LogP contribution in [0.4, 0.5) is 0 Å². The number of rotatable bonds is 4. The standard InChI is InChI=1S/C16H15BrN2O4/c1-8-5-9(11(7-18)16(20)19-8)10-6-12(21-2)14(22-3)15(23-4)13(10)17/h5-6H,1-4H3,(H,19,20). The van der Waals surface area contributed by atoms with Crippen molar-refractivity contribution >= 4 is 15.9 Å². The highest BCUT2D eigenvalue weighted by Gasteiger charge is 2.22. The number of hydrogen-bond donors (Lipinski definition) is 1. The van der Waals surface area contributed by atoms with Crippen molar-refractivity contribution in [1.29, 1.82) is 5.26 Å². The maximum atomic E-state index is 12.0. The second-order valence-corrected chi connectivity index (χ2v) is 5.48. The first-order valence-corrected chi connectivity index (χ1v) is 7.40. The van der Waals surface area contributed by atoms with Crippen LogP contribution in [0.15, 0.2) is 21.4 Å². The lowest BCUT2D eigenvalue weighted by molar-refractivity contribution is 0.323. The lowest BCUT2D eigenvalue weighted by Crippen LogP contribution is -2.13. The van der Waals surface area contributed by atoms with Gasteiger partial charge in [0, 0.05) is 16.8 Å². The number of ether oxygens (including phenoxy) is 3. The average molecular weight is 379 g/mol. The smallest absolute Gasteiger partial charge is 0.266 e. The highest BCUT2D eigenvalue weighted by atomic mass is 79.9. The van der Waals surface area contributed by atoms with Crippen LogP contribution in [0.25, 0.3) is 11.1 Å². The molecular weight excluding hydrogens is 364 g/mol. The number of nitriles is 1. The number of benzene rings is 1. The van der Waals surface area contributed by atoms with Gasteiger partial charge in [-0.15, -0.1) is 0 Å². The molecule has 0 spiro atoms. The number of pyridine rings is 1. The summed E-state index contributed by atoms with van der Waals surface area (Å²) in [5, 5.41) is 9.32. The number of methoxy groups -OCH3 is 3. The molecule has 23 heavy (non-hydrogen) atoms. The summed E-state index contributed by atoms with van der Waals surface area (Å²) in [5.74, 6) is 1.28.